The van der Waals surface area contributed by atoms with Gasteiger partial charge in [0.1, 0.15) is 0 Å². The van der Waals surface area contributed by atoms with Crippen LogP contribution in [0.4, 0.5) is 0 Å². The molecular formula is C16H16O3. The molecule has 3 heteroatoms. The Balaban J connectivity index is 2.15. The highest BCUT2D eigenvalue weighted by Gasteiger charge is 2.03. The predicted molar refractivity (Wildman–Crippen MR) is 74.2 cm³/mol. The Bertz CT molecular complexity index is 541. The second-order valence-corrected chi connectivity index (χ2v) is 4.22. The molecule has 1 N–H and O–H groups in total. The molecule has 0 bridgehead atoms. The Morgan fingerprint density at radius 2 is 1.53 bits per heavy atom. The minimum atomic E-state index is -0.904. The second-order valence-electron chi connectivity index (χ2n) is 4.22. The van der Waals surface area contributed by atoms with Crippen molar-refractivity contribution in [2.75, 3.05) is 6.61 Å². The van der Waals surface area contributed by atoms with Crippen LogP contribution in [0.3, 0.4) is 0 Å². The zero-order valence-corrected chi connectivity index (χ0v) is 10.8. The molecule has 2 aromatic carbocycles. The topological polar surface area (TPSA) is 46.5 Å². The Labute approximate surface area is 112 Å². The Hall–Kier alpha value is -2.13. The van der Waals surface area contributed by atoms with Crippen molar-refractivity contribution in [1.29, 1.82) is 0 Å². The molecule has 0 spiro atoms. The summed E-state index contributed by atoms with van der Waals surface area (Å²) in [5.74, 6) is -0.904. The van der Waals surface area contributed by atoms with Gasteiger partial charge in [-0.2, -0.15) is 0 Å². The second kappa shape index (κ2) is 6.16. The molecule has 0 saturated carbocycles. The lowest BCUT2D eigenvalue weighted by Crippen LogP contribution is -1.95. The number of benzene rings is 2. The molecular weight excluding hydrogens is 240 g/mol. The van der Waals surface area contributed by atoms with Crippen molar-refractivity contribution in [2.24, 2.45) is 0 Å². The predicted octanol–water partition coefficient (Wildman–Crippen LogP) is 3.59. The van der Waals surface area contributed by atoms with Gasteiger partial charge in [0.2, 0.25) is 0 Å². The molecule has 98 valence electrons. The summed E-state index contributed by atoms with van der Waals surface area (Å²) in [6.07, 6.45) is 0. The summed E-state index contributed by atoms with van der Waals surface area (Å²) in [6, 6.07) is 15.0. The molecule has 0 aliphatic rings. The Morgan fingerprint density at radius 1 is 1.00 bits per heavy atom. The van der Waals surface area contributed by atoms with E-state index in [0.717, 1.165) is 16.7 Å². The SMILES string of the molecule is CCOCc1ccc(-c2ccc(C(=O)O)cc2)cc1. The van der Waals surface area contributed by atoms with E-state index in [0.29, 0.717) is 18.8 Å². The van der Waals surface area contributed by atoms with Crippen molar-refractivity contribution in [3.63, 3.8) is 0 Å². The third kappa shape index (κ3) is 3.42. The standard InChI is InChI=1S/C16H16O3/c1-2-19-11-12-3-5-13(6-4-12)14-7-9-15(10-8-14)16(17)18/h3-10H,2,11H2,1H3,(H,17,18). The van der Waals surface area contributed by atoms with Crippen LogP contribution >= 0.6 is 0 Å². The number of hydrogen-bond acceptors (Lipinski definition) is 2. The number of hydrogen-bond donors (Lipinski definition) is 1. The van der Waals surface area contributed by atoms with Crippen molar-refractivity contribution >= 4 is 5.97 Å². The molecule has 0 atom stereocenters. The van der Waals surface area contributed by atoms with Crippen LogP contribution in [0.1, 0.15) is 22.8 Å². The summed E-state index contributed by atoms with van der Waals surface area (Å²) in [6.45, 7) is 3.30. The smallest absolute Gasteiger partial charge is 0.335 e. The van der Waals surface area contributed by atoms with Crippen molar-refractivity contribution < 1.29 is 14.6 Å². The lowest BCUT2D eigenvalue weighted by molar-refractivity contribution is 0.0697. The lowest BCUT2D eigenvalue weighted by Gasteiger charge is -2.05. The van der Waals surface area contributed by atoms with Crippen molar-refractivity contribution in [2.45, 2.75) is 13.5 Å². The zero-order valence-electron chi connectivity index (χ0n) is 10.8. The van der Waals surface area contributed by atoms with Gasteiger partial charge < -0.3 is 9.84 Å². The fraction of sp³-hybridized carbons (Fsp3) is 0.188. The third-order valence-electron chi connectivity index (χ3n) is 2.89. The quantitative estimate of drug-likeness (QED) is 0.889. The van der Waals surface area contributed by atoms with Gasteiger partial charge in [-0.3, -0.25) is 0 Å². The van der Waals surface area contributed by atoms with Gasteiger partial charge in [-0.15, -0.1) is 0 Å². The summed E-state index contributed by atoms with van der Waals surface area (Å²) < 4.78 is 5.34. The van der Waals surface area contributed by atoms with E-state index >= 15 is 0 Å². The van der Waals surface area contributed by atoms with Gasteiger partial charge in [-0.05, 0) is 35.7 Å². The third-order valence-corrected chi connectivity index (χ3v) is 2.89. The molecule has 3 nitrogen and oxygen atoms in total. The van der Waals surface area contributed by atoms with Crippen LogP contribution in [-0.2, 0) is 11.3 Å². The van der Waals surface area contributed by atoms with Crippen LogP contribution in [0.5, 0.6) is 0 Å². The van der Waals surface area contributed by atoms with Gasteiger partial charge in [0.25, 0.3) is 0 Å². The largest absolute Gasteiger partial charge is 0.478 e. The van der Waals surface area contributed by atoms with Crippen LogP contribution in [0, 0.1) is 0 Å². The molecule has 0 saturated heterocycles. The van der Waals surface area contributed by atoms with Crippen molar-refractivity contribution in [1.82, 2.24) is 0 Å². The first-order valence-corrected chi connectivity index (χ1v) is 6.21. The molecule has 2 aromatic rings. The molecule has 0 fully saturated rings. The highest BCUT2D eigenvalue weighted by Crippen LogP contribution is 2.20. The summed E-state index contributed by atoms with van der Waals surface area (Å²) in [5.41, 5.74) is 3.51. The van der Waals surface area contributed by atoms with Gasteiger partial charge in [0.15, 0.2) is 0 Å². The molecule has 2 rings (SSSR count). The molecule has 0 aromatic heterocycles. The van der Waals surface area contributed by atoms with Crippen LogP contribution < -0.4 is 0 Å². The maximum absolute atomic E-state index is 10.8. The van der Waals surface area contributed by atoms with Crippen molar-refractivity contribution in [3.05, 3.63) is 59.7 Å². The number of ether oxygens (including phenoxy) is 1. The highest BCUT2D eigenvalue weighted by atomic mass is 16.5. The minimum absolute atomic E-state index is 0.303. The fourth-order valence-electron chi connectivity index (χ4n) is 1.82. The van der Waals surface area contributed by atoms with E-state index in [9.17, 15) is 4.79 Å². The molecule has 0 aliphatic carbocycles. The summed E-state index contributed by atoms with van der Waals surface area (Å²) in [4.78, 5) is 10.8. The first kappa shape index (κ1) is 13.3. The number of carboxylic acids is 1. The van der Waals surface area contributed by atoms with Crippen LogP contribution in [-0.4, -0.2) is 17.7 Å². The Kier molecular flexibility index (Phi) is 4.31. The zero-order chi connectivity index (χ0) is 13.7. The minimum Gasteiger partial charge on any atom is -0.478 e. The summed E-state index contributed by atoms with van der Waals surface area (Å²) >= 11 is 0. The number of carbonyl (C=O) groups is 1. The maximum Gasteiger partial charge on any atom is 0.335 e. The van der Waals surface area contributed by atoms with E-state index in [-0.39, 0.29) is 0 Å². The van der Waals surface area contributed by atoms with E-state index < -0.39 is 5.97 Å². The monoisotopic (exact) mass is 256 g/mol. The number of aromatic carboxylic acids is 1. The molecule has 0 radical (unpaired) electrons. The van der Waals surface area contributed by atoms with E-state index in [1.165, 1.54) is 0 Å². The van der Waals surface area contributed by atoms with Gasteiger partial charge in [-0.1, -0.05) is 36.4 Å². The molecule has 0 heterocycles. The van der Waals surface area contributed by atoms with Crippen LogP contribution in [0.15, 0.2) is 48.5 Å². The number of carboxylic acid groups (broad SMARTS) is 1. The number of rotatable bonds is 5. The van der Waals surface area contributed by atoms with Gasteiger partial charge >= 0.3 is 5.97 Å². The van der Waals surface area contributed by atoms with Crippen LogP contribution in [0.25, 0.3) is 11.1 Å². The average molecular weight is 256 g/mol. The van der Waals surface area contributed by atoms with E-state index in [4.69, 9.17) is 9.84 Å². The van der Waals surface area contributed by atoms with Crippen LogP contribution in [0.2, 0.25) is 0 Å². The van der Waals surface area contributed by atoms with Gasteiger partial charge in [0.05, 0.1) is 12.2 Å². The summed E-state index contributed by atoms with van der Waals surface area (Å²) in [5, 5.41) is 8.85. The molecule has 0 unspecified atom stereocenters. The molecule has 0 aliphatic heterocycles. The maximum atomic E-state index is 10.8. The van der Waals surface area contributed by atoms with Crippen molar-refractivity contribution in [3.8, 4) is 11.1 Å². The van der Waals surface area contributed by atoms with Gasteiger partial charge in [-0.25, -0.2) is 4.79 Å². The fourth-order valence-corrected chi connectivity index (χ4v) is 1.82. The molecule has 19 heavy (non-hydrogen) atoms. The molecule has 0 amide bonds. The Morgan fingerprint density at radius 3 is 2.00 bits per heavy atom. The van der Waals surface area contributed by atoms with E-state index in [2.05, 4.69) is 0 Å². The van der Waals surface area contributed by atoms with Gasteiger partial charge in [0, 0.05) is 6.61 Å². The lowest BCUT2D eigenvalue weighted by atomic mass is 10.0. The normalized spacial score (nSPS) is 10.4. The summed E-state index contributed by atoms with van der Waals surface area (Å²) in [7, 11) is 0. The van der Waals surface area contributed by atoms with E-state index in [1.807, 2.05) is 43.3 Å². The van der Waals surface area contributed by atoms with E-state index in [1.54, 1.807) is 12.1 Å². The highest BCUT2D eigenvalue weighted by molar-refractivity contribution is 5.88. The first-order valence-electron chi connectivity index (χ1n) is 6.21. The first-order chi connectivity index (χ1) is 9.20. The average Bonchev–Trinajstić information content (AvgIpc) is 2.46.